The van der Waals surface area contributed by atoms with Gasteiger partial charge in [-0.25, -0.2) is 0 Å². The van der Waals surface area contributed by atoms with Gasteiger partial charge in [-0.1, -0.05) is 11.8 Å². The number of hydrogen-bond donors (Lipinski definition) is 1. The topological polar surface area (TPSA) is 21.3 Å². The SMILES string of the molecule is CSC(=S)OC1CCCNC1. The molecular weight excluding hydrogens is 178 g/mol. The maximum Gasteiger partial charge on any atom is 0.220 e. The van der Waals surface area contributed by atoms with Gasteiger partial charge in [-0.05, 0) is 37.9 Å². The average Bonchev–Trinajstić information content (AvgIpc) is 2.06. The number of thiocarbonyl (C=S) groups is 1. The monoisotopic (exact) mass is 191 g/mol. The summed E-state index contributed by atoms with van der Waals surface area (Å²) >= 11 is 6.45. The highest BCUT2D eigenvalue weighted by atomic mass is 32.2. The third-order valence-electron chi connectivity index (χ3n) is 1.68. The Kier molecular flexibility index (Phi) is 4.18. The Morgan fingerprint density at radius 1 is 1.73 bits per heavy atom. The fourth-order valence-corrected chi connectivity index (χ4v) is 1.47. The zero-order valence-corrected chi connectivity index (χ0v) is 8.26. The first-order valence-corrected chi connectivity index (χ1v) is 5.41. The van der Waals surface area contributed by atoms with Crippen LogP contribution < -0.4 is 5.32 Å². The molecule has 0 saturated carbocycles. The Hall–Kier alpha value is 0.200. The van der Waals surface area contributed by atoms with Gasteiger partial charge in [0.2, 0.25) is 4.38 Å². The van der Waals surface area contributed by atoms with Crippen LogP contribution in [0.4, 0.5) is 0 Å². The Labute approximate surface area is 77.1 Å². The van der Waals surface area contributed by atoms with Gasteiger partial charge in [0.1, 0.15) is 6.10 Å². The van der Waals surface area contributed by atoms with E-state index in [4.69, 9.17) is 17.0 Å². The summed E-state index contributed by atoms with van der Waals surface area (Å²) in [4.78, 5) is 0. The minimum absolute atomic E-state index is 0.309. The van der Waals surface area contributed by atoms with Gasteiger partial charge >= 0.3 is 0 Å². The molecule has 1 aliphatic rings. The molecular formula is C7H13NOS2. The number of nitrogens with one attached hydrogen (secondary N) is 1. The first kappa shape index (κ1) is 9.29. The number of thioether (sulfide) groups is 1. The highest BCUT2D eigenvalue weighted by Gasteiger charge is 2.14. The third kappa shape index (κ3) is 3.40. The average molecular weight is 191 g/mol. The Bertz CT molecular complexity index is 134. The maximum absolute atomic E-state index is 5.47. The minimum atomic E-state index is 0.309. The van der Waals surface area contributed by atoms with Crippen molar-refractivity contribution in [1.29, 1.82) is 0 Å². The van der Waals surface area contributed by atoms with Crippen LogP contribution in [-0.2, 0) is 4.74 Å². The third-order valence-corrected chi connectivity index (χ3v) is 2.71. The van der Waals surface area contributed by atoms with Crippen molar-refractivity contribution in [2.45, 2.75) is 18.9 Å². The summed E-state index contributed by atoms with van der Waals surface area (Å²) in [5, 5.41) is 3.27. The van der Waals surface area contributed by atoms with Crippen LogP contribution in [0, 0.1) is 0 Å². The molecule has 2 nitrogen and oxygen atoms in total. The lowest BCUT2D eigenvalue weighted by molar-refractivity contribution is 0.165. The van der Waals surface area contributed by atoms with Crippen molar-refractivity contribution in [2.24, 2.45) is 0 Å². The lowest BCUT2D eigenvalue weighted by atomic mass is 10.1. The quantitative estimate of drug-likeness (QED) is 0.632. The van der Waals surface area contributed by atoms with Crippen molar-refractivity contribution in [3.8, 4) is 0 Å². The van der Waals surface area contributed by atoms with E-state index < -0.39 is 0 Å². The predicted octanol–water partition coefficient (Wildman–Crippen LogP) is 1.40. The summed E-state index contributed by atoms with van der Waals surface area (Å²) in [7, 11) is 0. The second kappa shape index (κ2) is 4.95. The lowest BCUT2D eigenvalue weighted by Crippen LogP contribution is -2.35. The molecule has 1 N–H and O–H groups in total. The number of piperidine rings is 1. The van der Waals surface area contributed by atoms with Gasteiger partial charge in [-0.15, -0.1) is 0 Å². The van der Waals surface area contributed by atoms with Gasteiger partial charge in [-0.2, -0.15) is 0 Å². The highest BCUT2D eigenvalue weighted by Crippen LogP contribution is 2.10. The normalized spacial score (nSPS) is 24.6. The summed E-state index contributed by atoms with van der Waals surface area (Å²) in [5.41, 5.74) is 0. The molecule has 1 heterocycles. The fourth-order valence-electron chi connectivity index (χ4n) is 1.10. The summed E-state index contributed by atoms with van der Waals surface area (Å²) < 4.78 is 6.14. The van der Waals surface area contributed by atoms with E-state index in [2.05, 4.69) is 5.32 Å². The number of rotatable bonds is 1. The zero-order valence-electron chi connectivity index (χ0n) is 6.63. The van der Waals surface area contributed by atoms with Gasteiger partial charge in [-0.3, -0.25) is 0 Å². The Morgan fingerprint density at radius 2 is 2.55 bits per heavy atom. The van der Waals surface area contributed by atoms with Crippen molar-refractivity contribution in [1.82, 2.24) is 5.32 Å². The van der Waals surface area contributed by atoms with E-state index in [0.29, 0.717) is 10.5 Å². The summed E-state index contributed by atoms with van der Waals surface area (Å²) in [6.07, 6.45) is 4.58. The molecule has 0 radical (unpaired) electrons. The van der Waals surface area contributed by atoms with Gasteiger partial charge in [0.15, 0.2) is 0 Å². The molecule has 1 aliphatic heterocycles. The van der Waals surface area contributed by atoms with Crippen molar-refractivity contribution in [3.05, 3.63) is 0 Å². The fraction of sp³-hybridized carbons (Fsp3) is 0.857. The van der Waals surface area contributed by atoms with Crippen LogP contribution in [-0.4, -0.2) is 29.8 Å². The van der Waals surface area contributed by atoms with Crippen molar-refractivity contribution in [2.75, 3.05) is 19.3 Å². The molecule has 1 atom stereocenters. The first-order chi connectivity index (χ1) is 5.33. The first-order valence-electron chi connectivity index (χ1n) is 3.78. The minimum Gasteiger partial charge on any atom is -0.474 e. The largest absolute Gasteiger partial charge is 0.474 e. The van der Waals surface area contributed by atoms with E-state index in [-0.39, 0.29) is 0 Å². The van der Waals surface area contributed by atoms with Crippen LogP contribution in [0.5, 0.6) is 0 Å². The number of hydrogen-bond acceptors (Lipinski definition) is 4. The molecule has 64 valence electrons. The predicted molar refractivity (Wildman–Crippen MR) is 53.1 cm³/mol. The van der Waals surface area contributed by atoms with E-state index >= 15 is 0 Å². The van der Waals surface area contributed by atoms with E-state index in [1.807, 2.05) is 6.26 Å². The Morgan fingerprint density at radius 3 is 3.09 bits per heavy atom. The molecule has 1 unspecified atom stereocenters. The van der Waals surface area contributed by atoms with Crippen LogP contribution in [0.25, 0.3) is 0 Å². The second-order valence-electron chi connectivity index (χ2n) is 2.54. The van der Waals surface area contributed by atoms with Crippen molar-refractivity contribution >= 4 is 28.4 Å². The molecule has 11 heavy (non-hydrogen) atoms. The molecule has 1 rings (SSSR count). The van der Waals surface area contributed by atoms with Crippen molar-refractivity contribution < 1.29 is 4.74 Å². The second-order valence-corrected chi connectivity index (χ2v) is 3.95. The van der Waals surface area contributed by atoms with Crippen molar-refractivity contribution in [3.63, 3.8) is 0 Å². The smallest absolute Gasteiger partial charge is 0.220 e. The maximum atomic E-state index is 5.47. The van der Waals surface area contributed by atoms with Gasteiger partial charge in [0.05, 0.1) is 0 Å². The standard InChI is InChI=1S/C7H13NOS2/c1-11-7(10)9-6-3-2-4-8-5-6/h6,8H,2-5H2,1H3. The van der Waals surface area contributed by atoms with Crippen LogP contribution in [0.3, 0.4) is 0 Å². The molecule has 0 spiro atoms. The highest BCUT2D eigenvalue weighted by molar-refractivity contribution is 8.22. The number of ether oxygens (including phenoxy) is 1. The van der Waals surface area contributed by atoms with Crippen LogP contribution >= 0.6 is 24.0 Å². The van der Waals surface area contributed by atoms with Gasteiger partial charge in [0, 0.05) is 6.54 Å². The van der Waals surface area contributed by atoms with Crippen LogP contribution in [0.1, 0.15) is 12.8 Å². The summed E-state index contributed by atoms with van der Waals surface area (Å²) in [5.74, 6) is 0. The molecule has 0 aromatic heterocycles. The van der Waals surface area contributed by atoms with E-state index in [1.165, 1.54) is 18.2 Å². The molecule has 0 amide bonds. The molecule has 4 heteroatoms. The van der Waals surface area contributed by atoms with E-state index in [1.54, 1.807) is 0 Å². The van der Waals surface area contributed by atoms with Gasteiger partial charge in [0.25, 0.3) is 0 Å². The molecule has 1 fully saturated rings. The zero-order chi connectivity index (χ0) is 8.10. The molecule has 0 bridgehead atoms. The molecule has 1 saturated heterocycles. The Balaban J connectivity index is 2.19. The lowest BCUT2D eigenvalue weighted by Gasteiger charge is -2.23. The summed E-state index contributed by atoms with van der Waals surface area (Å²) in [6, 6.07) is 0. The molecule has 0 aromatic carbocycles. The van der Waals surface area contributed by atoms with Gasteiger partial charge < -0.3 is 10.1 Å². The van der Waals surface area contributed by atoms with Crippen LogP contribution in [0.2, 0.25) is 0 Å². The van der Waals surface area contributed by atoms with E-state index in [0.717, 1.165) is 19.5 Å². The van der Waals surface area contributed by atoms with E-state index in [9.17, 15) is 0 Å². The summed E-state index contributed by atoms with van der Waals surface area (Å²) in [6.45, 7) is 2.06. The molecule has 0 aromatic rings. The molecule has 0 aliphatic carbocycles. The van der Waals surface area contributed by atoms with Crippen LogP contribution in [0.15, 0.2) is 0 Å².